The predicted octanol–water partition coefficient (Wildman–Crippen LogP) is 1.45. The lowest BCUT2D eigenvalue weighted by Gasteiger charge is -2.29. The van der Waals surface area contributed by atoms with Gasteiger partial charge in [-0.25, -0.2) is 0 Å². The van der Waals surface area contributed by atoms with Gasteiger partial charge < -0.3 is 10.2 Å². The van der Waals surface area contributed by atoms with E-state index in [1.165, 1.54) is 30.6 Å². The summed E-state index contributed by atoms with van der Waals surface area (Å²) in [5.74, 6) is 0.663. The van der Waals surface area contributed by atoms with E-state index >= 15 is 0 Å². The normalized spacial score (nSPS) is 15.6. The van der Waals surface area contributed by atoms with Crippen LogP contribution in [0.15, 0.2) is 0 Å². The number of anilines is 1. The highest BCUT2D eigenvalue weighted by molar-refractivity contribution is 7.17. The number of rotatable bonds is 4. The zero-order valence-corrected chi connectivity index (χ0v) is 10.4. The first-order chi connectivity index (χ1) is 7.70. The van der Waals surface area contributed by atoms with Crippen LogP contribution in [0.3, 0.4) is 0 Å². The van der Waals surface area contributed by atoms with Crippen molar-refractivity contribution < 1.29 is 4.79 Å². The Hall–Kier alpha value is -1.17. The number of hydrogen-bond donors (Lipinski definition) is 1. The summed E-state index contributed by atoms with van der Waals surface area (Å²) in [6, 6.07) is 0. The fourth-order valence-corrected chi connectivity index (χ4v) is 2.41. The molecule has 0 aliphatic heterocycles. The summed E-state index contributed by atoms with van der Waals surface area (Å²) in [6.45, 7) is 0.841. The maximum absolute atomic E-state index is 12.0. The van der Waals surface area contributed by atoms with Crippen LogP contribution in [0.5, 0.6) is 0 Å². The molecule has 6 heteroatoms. The molecular formula is C10H16N4OS. The highest BCUT2D eigenvalue weighted by atomic mass is 32.1. The van der Waals surface area contributed by atoms with Crippen LogP contribution in [0.1, 0.15) is 29.1 Å². The molecule has 1 aromatic rings. The molecule has 0 saturated heterocycles. The number of aromatic nitrogens is 2. The fourth-order valence-electron chi connectivity index (χ4n) is 1.72. The number of carbonyl (C=O) groups is 1. The number of amides is 1. The summed E-state index contributed by atoms with van der Waals surface area (Å²) in [4.78, 5) is 13.7. The first kappa shape index (κ1) is 11.3. The van der Waals surface area contributed by atoms with Crippen molar-refractivity contribution in [3.63, 3.8) is 0 Å². The van der Waals surface area contributed by atoms with E-state index in [0.717, 1.165) is 6.54 Å². The minimum absolute atomic E-state index is 0.0223. The monoisotopic (exact) mass is 240 g/mol. The molecule has 1 N–H and O–H groups in total. The van der Waals surface area contributed by atoms with E-state index in [1.54, 1.807) is 11.9 Å². The minimum atomic E-state index is -0.0223. The van der Waals surface area contributed by atoms with Crippen LogP contribution in [-0.4, -0.2) is 41.6 Å². The molecule has 0 bridgehead atoms. The molecule has 1 amide bonds. The van der Waals surface area contributed by atoms with Gasteiger partial charge in [0, 0.05) is 20.6 Å². The predicted molar refractivity (Wildman–Crippen MR) is 63.8 cm³/mol. The molecule has 1 aliphatic carbocycles. The Bertz CT molecular complexity index is 375. The Kier molecular flexibility index (Phi) is 3.38. The lowest BCUT2D eigenvalue weighted by molar-refractivity contribution is 0.0744. The molecule has 1 aromatic heterocycles. The number of carbonyl (C=O) groups excluding carboxylic acids is 1. The maximum atomic E-state index is 12.0. The number of nitrogens with zero attached hydrogens (tertiary/aromatic N) is 3. The van der Waals surface area contributed by atoms with Gasteiger partial charge in [0.2, 0.25) is 10.1 Å². The molecule has 1 fully saturated rings. The second-order valence-electron chi connectivity index (χ2n) is 4.14. The quantitative estimate of drug-likeness (QED) is 0.865. The van der Waals surface area contributed by atoms with Gasteiger partial charge in [0.1, 0.15) is 0 Å². The van der Waals surface area contributed by atoms with Crippen LogP contribution < -0.4 is 5.32 Å². The Balaban J connectivity index is 1.94. The molecule has 0 radical (unpaired) electrons. The van der Waals surface area contributed by atoms with Crippen molar-refractivity contribution >= 4 is 22.4 Å². The Morgan fingerprint density at radius 1 is 1.56 bits per heavy atom. The van der Waals surface area contributed by atoms with Crippen molar-refractivity contribution in [2.24, 2.45) is 5.92 Å². The summed E-state index contributed by atoms with van der Waals surface area (Å²) in [6.07, 6.45) is 3.79. The van der Waals surface area contributed by atoms with Gasteiger partial charge in [-0.15, -0.1) is 10.2 Å². The first-order valence-electron chi connectivity index (χ1n) is 5.47. The number of nitrogens with one attached hydrogen (secondary N) is 1. The van der Waals surface area contributed by atoms with E-state index < -0.39 is 0 Å². The van der Waals surface area contributed by atoms with Gasteiger partial charge in [0.05, 0.1) is 0 Å². The standard InChI is InChI=1S/C10H16N4OS/c1-11-10-13-12-8(16-10)9(15)14(2)6-7-4-3-5-7/h7H,3-6H2,1-2H3,(H,11,13). The highest BCUT2D eigenvalue weighted by Gasteiger charge is 2.23. The molecule has 1 heterocycles. The molecule has 16 heavy (non-hydrogen) atoms. The van der Waals surface area contributed by atoms with Gasteiger partial charge >= 0.3 is 0 Å². The van der Waals surface area contributed by atoms with Crippen LogP contribution >= 0.6 is 11.3 Å². The minimum Gasteiger partial charge on any atom is -0.363 e. The lowest BCUT2D eigenvalue weighted by Crippen LogP contribution is -2.34. The van der Waals surface area contributed by atoms with Crippen LogP contribution in [0.4, 0.5) is 5.13 Å². The second kappa shape index (κ2) is 4.78. The van der Waals surface area contributed by atoms with Gasteiger partial charge in [-0.05, 0) is 18.8 Å². The van der Waals surface area contributed by atoms with Gasteiger partial charge in [-0.3, -0.25) is 4.79 Å². The average molecular weight is 240 g/mol. The average Bonchev–Trinajstić information content (AvgIpc) is 2.70. The summed E-state index contributed by atoms with van der Waals surface area (Å²) >= 11 is 1.30. The number of hydrogen-bond acceptors (Lipinski definition) is 5. The third-order valence-corrected chi connectivity index (χ3v) is 3.85. The Morgan fingerprint density at radius 2 is 2.31 bits per heavy atom. The third kappa shape index (κ3) is 2.32. The van der Waals surface area contributed by atoms with Crippen molar-refractivity contribution in [3.8, 4) is 0 Å². The van der Waals surface area contributed by atoms with Gasteiger partial charge in [-0.2, -0.15) is 0 Å². The van der Waals surface area contributed by atoms with Crippen LogP contribution in [0.25, 0.3) is 0 Å². The highest BCUT2D eigenvalue weighted by Crippen LogP contribution is 2.27. The van der Waals surface area contributed by atoms with E-state index in [0.29, 0.717) is 16.1 Å². The van der Waals surface area contributed by atoms with E-state index in [2.05, 4.69) is 15.5 Å². The molecule has 0 aromatic carbocycles. The van der Waals surface area contributed by atoms with Crippen molar-refractivity contribution in [3.05, 3.63) is 5.01 Å². The smallest absolute Gasteiger partial charge is 0.284 e. The van der Waals surface area contributed by atoms with Gasteiger partial charge in [0.15, 0.2) is 0 Å². The van der Waals surface area contributed by atoms with Crippen LogP contribution in [0.2, 0.25) is 0 Å². The molecule has 0 unspecified atom stereocenters. The van der Waals surface area contributed by atoms with E-state index in [1.807, 2.05) is 7.05 Å². The molecule has 1 saturated carbocycles. The molecule has 2 rings (SSSR count). The zero-order chi connectivity index (χ0) is 11.5. The first-order valence-corrected chi connectivity index (χ1v) is 6.29. The largest absolute Gasteiger partial charge is 0.363 e. The van der Waals surface area contributed by atoms with Crippen molar-refractivity contribution in [2.75, 3.05) is 26.0 Å². The van der Waals surface area contributed by atoms with E-state index in [9.17, 15) is 4.79 Å². The SMILES string of the molecule is CNc1nnc(C(=O)N(C)CC2CCC2)s1. The van der Waals surface area contributed by atoms with Gasteiger partial charge in [0.25, 0.3) is 5.91 Å². The fraction of sp³-hybridized carbons (Fsp3) is 0.700. The van der Waals surface area contributed by atoms with E-state index in [4.69, 9.17) is 0 Å². The van der Waals surface area contributed by atoms with Crippen molar-refractivity contribution in [1.29, 1.82) is 0 Å². The van der Waals surface area contributed by atoms with Crippen molar-refractivity contribution in [2.45, 2.75) is 19.3 Å². The maximum Gasteiger partial charge on any atom is 0.284 e. The lowest BCUT2D eigenvalue weighted by atomic mass is 9.85. The summed E-state index contributed by atoms with van der Waals surface area (Å²) in [5, 5.41) is 11.8. The molecule has 0 atom stereocenters. The summed E-state index contributed by atoms with van der Waals surface area (Å²) < 4.78 is 0. The molecule has 5 nitrogen and oxygen atoms in total. The molecule has 1 aliphatic rings. The third-order valence-electron chi connectivity index (χ3n) is 2.93. The topological polar surface area (TPSA) is 58.1 Å². The molecular weight excluding hydrogens is 224 g/mol. The zero-order valence-electron chi connectivity index (χ0n) is 9.56. The Labute approximate surface area is 98.9 Å². The molecule has 0 spiro atoms. The summed E-state index contributed by atoms with van der Waals surface area (Å²) in [7, 11) is 3.61. The molecule has 88 valence electrons. The van der Waals surface area contributed by atoms with Crippen molar-refractivity contribution in [1.82, 2.24) is 15.1 Å². The second-order valence-corrected chi connectivity index (χ2v) is 5.12. The van der Waals surface area contributed by atoms with E-state index in [-0.39, 0.29) is 5.91 Å². The van der Waals surface area contributed by atoms with Gasteiger partial charge in [-0.1, -0.05) is 17.8 Å². The summed E-state index contributed by atoms with van der Waals surface area (Å²) in [5.41, 5.74) is 0. The van der Waals surface area contributed by atoms with Crippen LogP contribution in [0, 0.1) is 5.92 Å². The Morgan fingerprint density at radius 3 is 2.81 bits per heavy atom. The van der Waals surface area contributed by atoms with Crippen LogP contribution in [-0.2, 0) is 0 Å².